The molecule has 0 spiro atoms. The van der Waals surface area contributed by atoms with Gasteiger partial charge in [-0.2, -0.15) is 0 Å². The zero-order chi connectivity index (χ0) is 21.9. The smallest absolute Gasteiger partial charge is 0.303 e. The first-order valence-corrected chi connectivity index (χ1v) is 10.5. The molecule has 0 saturated carbocycles. The Balaban J connectivity index is 2.00. The number of carbonyl (C=O) groups is 1. The summed E-state index contributed by atoms with van der Waals surface area (Å²) in [5.74, 6) is -1.01. The normalized spacial score (nSPS) is 17.6. The van der Waals surface area contributed by atoms with Crippen LogP contribution in [0.4, 0.5) is 4.39 Å². The Labute approximate surface area is 178 Å². The maximum Gasteiger partial charge on any atom is 0.303 e. The number of rotatable bonds is 6. The van der Waals surface area contributed by atoms with Crippen LogP contribution in [0.5, 0.6) is 0 Å². The highest BCUT2D eigenvalue weighted by molar-refractivity contribution is 5.82. The average molecular weight is 411 g/mol. The first kappa shape index (κ1) is 22.2. The van der Waals surface area contributed by atoms with E-state index in [1.807, 2.05) is 12.1 Å². The lowest BCUT2D eigenvalue weighted by Crippen LogP contribution is -2.42. The Bertz CT molecular complexity index is 904. The fourth-order valence-corrected chi connectivity index (χ4v) is 4.56. The van der Waals surface area contributed by atoms with Gasteiger partial charge in [-0.15, -0.1) is 0 Å². The van der Waals surface area contributed by atoms with Crippen molar-refractivity contribution in [3.8, 4) is 0 Å². The lowest BCUT2D eigenvalue weighted by Gasteiger charge is -2.43. The summed E-state index contributed by atoms with van der Waals surface area (Å²) >= 11 is 0. The molecule has 0 bridgehead atoms. The molecule has 2 aromatic carbocycles. The van der Waals surface area contributed by atoms with E-state index in [9.17, 15) is 9.18 Å². The molecular weight excluding hydrogens is 379 g/mol. The van der Waals surface area contributed by atoms with Crippen LogP contribution in [-0.4, -0.2) is 22.3 Å². The zero-order valence-electron chi connectivity index (χ0n) is 18.3. The Hall–Kier alpha value is -2.46. The standard InChI is InChI=1S/C26H31FO3/c1-25(2)16-21(17-26(3,4)30-25)24(20-12-14-22(27)15-13-20)19-10-8-18(9-11-19)6-5-7-23(28)29/h8-15H,5-7,16-17H2,1-4H3,(H,28,29). The monoisotopic (exact) mass is 410 g/mol. The van der Waals surface area contributed by atoms with Crippen LogP contribution in [0.3, 0.4) is 0 Å². The van der Waals surface area contributed by atoms with Gasteiger partial charge in [-0.25, -0.2) is 4.39 Å². The summed E-state index contributed by atoms with van der Waals surface area (Å²) in [6, 6.07) is 15.0. The van der Waals surface area contributed by atoms with Gasteiger partial charge in [-0.3, -0.25) is 4.79 Å². The van der Waals surface area contributed by atoms with Crippen molar-refractivity contribution in [1.82, 2.24) is 0 Å². The summed E-state index contributed by atoms with van der Waals surface area (Å²) in [4.78, 5) is 10.8. The van der Waals surface area contributed by atoms with Gasteiger partial charge in [-0.1, -0.05) is 42.0 Å². The SMILES string of the molecule is CC1(C)CC(=C(c2ccc(F)cc2)c2ccc(CCCC(=O)O)cc2)CC(C)(C)O1. The average Bonchev–Trinajstić information content (AvgIpc) is 2.62. The third kappa shape index (κ3) is 5.79. The van der Waals surface area contributed by atoms with Gasteiger partial charge in [0.25, 0.3) is 0 Å². The molecule has 1 aliphatic heterocycles. The van der Waals surface area contributed by atoms with Crippen LogP contribution in [-0.2, 0) is 16.0 Å². The van der Waals surface area contributed by atoms with E-state index < -0.39 is 5.97 Å². The number of carboxylic acids is 1. The first-order valence-electron chi connectivity index (χ1n) is 10.5. The fraction of sp³-hybridized carbons (Fsp3) is 0.423. The molecular formula is C26H31FO3. The topological polar surface area (TPSA) is 46.5 Å². The lowest BCUT2D eigenvalue weighted by atomic mass is 9.79. The van der Waals surface area contributed by atoms with E-state index in [1.165, 1.54) is 17.7 Å². The van der Waals surface area contributed by atoms with Crippen molar-refractivity contribution in [2.24, 2.45) is 0 Å². The van der Waals surface area contributed by atoms with Crippen molar-refractivity contribution in [3.63, 3.8) is 0 Å². The van der Waals surface area contributed by atoms with Crippen molar-refractivity contribution in [3.05, 3.63) is 76.6 Å². The van der Waals surface area contributed by atoms with E-state index >= 15 is 0 Å². The Morgan fingerprint density at radius 1 is 0.933 bits per heavy atom. The lowest BCUT2D eigenvalue weighted by molar-refractivity contribution is -0.139. The highest BCUT2D eigenvalue weighted by Gasteiger charge is 2.37. The summed E-state index contributed by atoms with van der Waals surface area (Å²) in [6.07, 6.45) is 3.16. The summed E-state index contributed by atoms with van der Waals surface area (Å²) in [6.45, 7) is 8.45. The van der Waals surface area contributed by atoms with E-state index in [4.69, 9.17) is 9.84 Å². The van der Waals surface area contributed by atoms with Gasteiger partial charge in [0, 0.05) is 6.42 Å². The number of benzene rings is 2. The van der Waals surface area contributed by atoms with Gasteiger partial charge < -0.3 is 9.84 Å². The largest absolute Gasteiger partial charge is 0.481 e. The highest BCUT2D eigenvalue weighted by Crippen LogP contribution is 2.43. The molecule has 3 nitrogen and oxygen atoms in total. The molecule has 0 amide bonds. The molecule has 30 heavy (non-hydrogen) atoms. The molecule has 160 valence electrons. The van der Waals surface area contributed by atoms with E-state index in [0.29, 0.717) is 6.42 Å². The zero-order valence-corrected chi connectivity index (χ0v) is 18.3. The van der Waals surface area contributed by atoms with Crippen LogP contribution in [0.2, 0.25) is 0 Å². The van der Waals surface area contributed by atoms with Crippen LogP contribution in [0.25, 0.3) is 5.57 Å². The van der Waals surface area contributed by atoms with Gasteiger partial charge >= 0.3 is 5.97 Å². The van der Waals surface area contributed by atoms with Gasteiger partial charge in [0.05, 0.1) is 11.2 Å². The summed E-state index contributed by atoms with van der Waals surface area (Å²) in [5, 5.41) is 8.84. The summed E-state index contributed by atoms with van der Waals surface area (Å²) < 4.78 is 19.9. The molecule has 0 radical (unpaired) electrons. The summed E-state index contributed by atoms with van der Waals surface area (Å²) in [5.41, 5.74) is 5.10. The maximum atomic E-state index is 13.6. The second-order valence-electron chi connectivity index (χ2n) is 9.40. The predicted octanol–water partition coefficient (Wildman–Crippen LogP) is 6.40. The van der Waals surface area contributed by atoms with Gasteiger partial charge in [-0.05, 0) is 87.8 Å². The number of carboxylic acid groups (broad SMARTS) is 1. The molecule has 1 saturated heterocycles. The second-order valence-corrected chi connectivity index (χ2v) is 9.40. The maximum absolute atomic E-state index is 13.6. The molecule has 0 atom stereocenters. The van der Waals surface area contributed by atoms with Crippen molar-refractivity contribution in [2.75, 3.05) is 0 Å². The van der Waals surface area contributed by atoms with Crippen molar-refractivity contribution >= 4 is 11.5 Å². The molecule has 0 unspecified atom stereocenters. The van der Waals surface area contributed by atoms with Crippen LogP contribution in [0.15, 0.2) is 54.1 Å². The van der Waals surface area contributed by atoms with Gasteiger partial charge in [0.15, 0.2) is 0 Å². The Morgan fingerprint density at radius 3 is 1.93 bits per heavy atom. The predicted molar refractivity (Wildman–Crippen MR) is 118 cm³/mol. The van der Waals surface area contributed by atoms with Crippen molar-refractivity contribution in [1.29, 1.82) is 0 Å². The number of aliphatic carboxylic acids is 1. The number of ether oxygens (including phenoxy) is 1. The fourth-order valence-electron chi connectivity index (χ4n) is 4.56. The Morgan fingerprint density at radius 2 is 1.43 bits per heavy atom. The number of hydrogen-bond donors (Lipinski definition) is 1. The number of hydrogen-bond acceptors (Lipinski definition) is 2. The Kier molecular flexibility index (Phi) is 6.47. The van der Waals surface area contributed by atoms with Crippen molar-refractivity contribution < 1.29 is 19.0 Å². The van der Waals surface area contributed by atoms with Gasteiger partial charge in [0.2, 0.25) is 0 Å². The molecule has 1 aliphatic rings. The van der Waals surface area contributed by atoms with Gasteiger partial charge in [0.1, 0.15) is 5.82 Å². The molecule has 1 heterocycles. The summed E-state index contributed by atoms with van der Waals surface area (Å²) in [7, 11) is 0. The highest BCUT2D eigenvalue weighted by atomic mass is 19.1. The number of halogens is 1. The van der Waals surface area contributed by atoms with Crippen LogP contribution in [0, 0.1) is 5.82 Å². The molecule has 4 heteroatoms. The first-order chi connectivity index (χ1) is 14.0. The van der Waals surface area contributed by atoms with E-state index in [2.05, 4.69) is 52.0 Å². The minimum Gasteiger partial charge on any atom is -0.481 e. The third-order valence-corrected chi connectivity index (χ3v) is 5.42. The third-order valence-electron chi connectivity index (χ3n) is 5.42. The molecule has 0 aliphatic carbocycles. The molecule has 1 fully saturated rings. The van der Waals surface area contributed by atoms with E-state index in [-0.39, 0.29) is 23.4 Å². The molecule has 1 N–H and O–H groups in total. The van der Waals surface area contributed by atoms with Crippen LogP contribution in [0.1, 0.15) is 70.1 Å². The second kappa shape index (κ2) is 8.73. The number of aryl methyl sites for hydroxylation is 1. The minimum atomic E-state index is -0.764. The van der Waals surface area contributed by atoms with Crippen LogP contribution < -0.4 is 0 Å². The van der Waals surface area contributed by atoms with Crippen molar-refractivity contribution in [2.45, 2.75) is 71.0 Å². The van der Waals surface area contributed by atoms with E-state index in [0.717, 1.165) is 41.5 Å². The van der Waals surface area contributed by atoms with Crippen LogP contribution >= 0.6 is 0 Å². The molecule has 3 rings (SSSR count). The molecule has 0 aromatic heterocycles. The van der Waals surface area contributed by atoms with E-state index in [1.54, 1.807) is 0 Å². The minimum absolute atomic E-state index is 0.177. The quantitative estimate of drug-likeness (QED) is 0.599. The molecule has 2 aromatic rings.